The lowest BCUT2D eigenvalue weighted by molar-refractivity contribution is -0.137. The Morgan fingerprint density at radius 1 is 1.27 bits per heavy atom. The number of halogens is 1. The highest BCUT2D eigenvalue weighted by Gasteiger charge is 2.49. The summed E-state index contributed by atoms with van der Waals surface area (Å²) in [4.78, 5) is 28.1. The summed E-state index contributed by atoms with van der Waals surface area (Å²) < 4.78 is 38.2. The van der Waals surface area contributed by atoms with E-state index in [0.29, 0.717) is 0 Å². The van der Waals surface area contributed by atoms with Crippen molar-refractivity contribution in [3.8, 4) is 0 Å². The molecule has 2 heterocycles. The molecule has 0 saturated carbocycles. The summed E-state index contributed by atoms with van der Waals surface area (Å²) in [7, 11) is -3.23. The number of anilines is 1. The standard InChI is InChI=1S/C16H17FN2O5S2/c17-10-4-1-2-5-11(10)19-12-8-26(23,24)9-13(12)25-16(19)18-14(20)6-3-7-15(21)22/h1-2,4-5,12-13H,3,6-9H2,(H,21,22)/t12-,13-/m0/s1. The molecule has 2 fully saturated rings. The third-order valence-electron chi connectivity index (χ3n) is 4.18. The van der Waals surface area contributed by atoms with E-state index in [9.17, 15) is 22.4 Å². The van der Waals surface area contributed by atoms with E-state index < -0.39 is 33.6 Å². The summed E-state index contributed by atoms with van der Waals surface area (Å²) in [6, 6.07) is 5.47. The fourth-order valence-corrected chi connectivity index (χ4v) is 6.97. The number of fused-ring (bicyclic) bond motifs is 1. The summed E-state index contributed by atoms with van der Waals surface area (Å²) in [5.74, 6) is -2.18. The number of sulfone groups is 1. The number of nitrogens with zero attached hydrogens (tertiary/aromatic N) is 2. The highest BCUT2D eigenvalue weighted by molar-refractivity contribution is 8.16. The number of hydrogen-bond acceptors (Lipinski definition) is 5. The summed E-state index contributed by atoms with van der Waals surface area (Å²) in [6.45, 7) is 0. The smallest absolute Gasteiger partial charge is 0.303 e. The molecule has 3 rings (SSSR count). The number of para-hydroxylation sites is 1. The maximum Gasteiger partial charge on any atom is 0.303 e. The minimum Gasteiger partial charge on any atom is -0.481 e. The van der Waals surface area contributed by atoms with Crippen molar-refractivity contribution in [2.45, 2.75) is 30.6 Å². The van der Waals surface area contributed by atoms with Crippen LogP contribution in [0.5, 0.6) is 0 Å². The molecule has 7 nitrogen and oxygen atoms in total. The van der Waals surface area contributed by atoms with Crippen molar-refractivity contribution < 1.29 is 27.5 Å². The lowest BCUT2D eigenvalue weighted by atomic mass is 10.2. The maximum atomic E-state index is 14.3. The van der Waals surface area contributed by atoms with Crippen LogP contribution in [0.2, 0.25) is 0 Å². The van der Waals surface area contributed by atoms with E-state index in [1.54, 1.807) is 6.07 Å². The van der Waals surface area contributed by atoms with Crippen LogP contribution in [0.15, 0.2) is 29.3 Å². The van der Waals surface area contributed by atoms with Gasteiger partial charge >= 0.3 is 5.97 Å². The molecule has 2 aliphatic rings. The van der Waals surface area contributed by atoms with Gasteiger partial charge in [0, 0.05) is 18.1 Å². The number of aliphatic imine (C=N–C) groups is 1. The summed E-state index contributed by atoms with van der Waals surface area (Å²) in [5.41, 5.74) is 0.182. The van der Waals surface area contributed by atoms with Gasteiger partial charge < -0.3 is 10.0 Å². The van der Waals surface area contributed by atoms with Crippen molar-refractivity contribution in [3.05, 3.63) is 30.1 Å². The molecular formula is C16H17FN2O5S2. The van der Waals surface area contributed by atoms with E-state index in [-0.39, 0.29) is 46.9 Å². The zero-order valence-corrected chi connectivity index (χ0v) is 15.3. The van der Waals surface area contributed by atoms with E-state index in [1.165, 1.54) is 23.1 Å². The van der Waals surface area contributed by atoms with Gasteiger partial charge in [-0.2, -0.15) is 4.99 Å². The average Bonchev–Trinajstić information content (AvgIpc) is 2.98. The molecule has 140 valence electrons. The van der Waals surface area contributed by atoms with Crippen LogP contribution in [0.4, 0.5) is 10.1 Å². The number of carbonyl (C=O) groups excluding carboxylic acids is 1. The molecule has 26 heavy (non-hydrogen) atoms. The second kappa shape index (κ2) is 7.36. The van der Waals surface area contributed by atoms with Gasteiger partial charge in [-0.15, -0.1) is 0 Å². The van der Waals surface area contributed by atoms with E-state index >= 15 is 0 Å². The molecule has 2 atom stereocenters. The number of carboxylic acid groups (broad SMARTS) is 1. The van der Waals surface area contributed by atoms with Crippen LogP contribution in [0.3, 0.4) is 0 Å². The highest BCUT2D eigenvalue weighted by atomic mass is 32.2. The second-order valence-corrected chi connectivity index (χ2v) is 9.52. The predicted molar refractivity (Wildman–Crippen MR) is 96.6 cm³/mol. The van der Waals surface area contributed by atoms with Gasteiger partial charge in [-0.25, -0.2) is 12.8 Å². The first kappa shape index (κ1) is 18.8. The quantitative estimate of drug-likeness (QED) is 0.802. The summed E-state index contributed by atoms with van der Waals surface area (Å²) in [6.07, 6.45) is -0.00406. The van der Waals surface area contributed by atoms with Crippen LogP contribution in [0.25, 0.3) is 0 Å². The lowest BCUT2D eigenvalue weighted by Gasteiger charge is -2.24. The Morgan fingerprint density at radius 3 is 2.69 bits per heavy atom. The number of benzene rings is 1. The zero-order chi connectivity index (χ0) is 18.9. The molecule has 0 aromatic heterocycles. The van der Waals surface area contributed by atoms with E-state index in [1.807, 2.05) is 0 Å². The van der Waals surface area contributed by atoms with E-state index in [0.717, 1.165) is 11.8 Å². The highest BCUT2D eigenvalue weighted by Crippen LogP contribution is 2.41. The molecule has 0 unspecified atom stereocenters. The Hall–Kier alpha value is -1.94. The molecule has 10 heteroatoms. The van der Waals surface area contributed by atoms with Crippen LogP contribution < -0.4 is 4.90 Å². The van der Waals surface area contributed by atoms with Gasteiger partial charge in [0.15, 0.2) is 15.0 Å². The van der Waals surface area contributed by atoms with Crippen LogP contribution in [0.1, 0.15) is 19.3 Å². The van der Waals surface area contributed by atoms with E-state index in [4.69, 9.17) is 5.11 Å². The Morgan fingerprint density at radius 2 is 2.00 bits per heavy atom. The molecule has 0 radical (unpaired) electrons. The fourth-order valence-electron chi connectivity index (χ4n) is 3.05. The molecule has 2 aliphatic heterocycles. The number of hydrogen-bond donors (Lipinski definition) is 1. The van der Waals surface area contributed by atoms with Gasteiger partial charge in [-0.1, -0.05) is 23.9 Å². The third-order valence-corrected chi connectivity index (χ3v) is 7.39. The van der Waals surface area contributed by atoms with Crippen molar-refractivity contribution in [1.82, 2.24) is 0 Å². The second-order valence-electron chi connectivity index (χ2n) is 6.16. The molecule has 0 spiro atoms. The maximum absolute atomic E-state index is 14.3. The minimum absolute atomic E-state index is 0.0326. The summed E-state index contributed by atoms with van der Waals surface area (Å²) >= 11 is 1.16. The molecule has 1 amide bonds. The average molecular weight is 400 g/mol. The zero-order valence-electron chi connectivity index (χ0n) is 13.7. The van der Waals surface area contributed by atoms with Gasteiger partial charge in [0.05, 0.1) is 23.2 Å². The number of carbonyl (C=O) groups is 2. The topological polar surface area (TPSA) is 104 Å². The Balaban J connectivity index is 1.87. The van der Waals surface area contributed by atoms with Crippen LogP contribution in [-0.2, 0) is 19.4 Å². The van der Waals surface area contributed by atoms with Gasteiger partial charge in [0.25, 0.3) is 0 Å². The van der Waals surface area contributed by atoms with Crippen molar-refractivity contribution >= 4 is 44.3 Å². The van der Waals surface area contributed by atoms with Crippen molar-refractivity contribution in [3.63, 3.8) is 0 Å². The number of thioether (sulfide) groups is 1. The Bertz CT molecular complexity index is 871. The molecular weight excluding hydrogens is 383 g/mol. The number of carboxylic acids is 1. The first-order chi connectivity index (χ1) is 12.3. The number of rotatable bonds is 5. The Labute approximate surface area is 154 Å². The van der Waals surface area contributed by atoms with Crippen molar-refractivity contribution in [2.75, 3.05) is 16.4 Å². The molecule has 0 bridgehead atoms. The molecule has 1 aromatic carbocycles. The molecule has 1 N–H and O–H groups in total. The number of aliphatic carboxylic acids is 1. The van der Waals surface area contributed by atoms with Gasteiger partial charge in [0.1, 0.15) is 5.82 Å². The van der Waals surface area contributed by atoms with Gasteiger partial charge in [-0.05, 0) is 18.6 Å². The molecule has 1 aromatic rings. The lowest BCUT2D eigenvalue weighted by Crippen LogP contribution is -2.38. The number of amidine groups is 1. The Kier molecular flexibility index (Phi) is 5.33. The minimum atomic E-state index is -3.23. The number of amides is 1. The SMILES string of the molecule is O=C(O)CCCC(=O)N=C1S[C@H]2CS(=O)(=O)C[C@@H]2N1c1ccccc1F. The third kappa shape index (κ3) is 4.07. The van der Waals surface area contributed by atoms with Crippen molar-refractivity contribution in [2.24, 2.45) is 4.99 Å². The summed E-state index contributed by atoms with van der Waals surface area (Å²) in [5, 5.41) is 8.58. The fraction of sp³-hybridized carbons (Fsp3) is 0.438. The monoisotopic (exact) mass is 400 g/mol. The van der Waals surface area contributed by atoms with E-state index in [2.05, 4.69) is 4.99 Å². The predicted octanol–water partition coefficient (Wildman–Crippen LogP) is 1.68. The van der Waals surface area contributed by atoms with Crippen LogP contribution in [0, 0.1) is 5.82 Å². The van der Waals surface area contributed by atoms with Crippen LogP contribution >= 0.6 is 11.8 Å². The first-order valence-electron chi connectivity index (χ1n) is 8.01. The molecule has 0 aliphatic carbocycles. The van der Waals surface area contributed by atoms with Gasteiger partial charge in [0.2, 0.25) is 5.91 Å². The van der Waals surface area contributed by atoms with Crippen LogP contribution in [-0.4, -0.2) is 53.4 Å². The largest absolute Gasteiger partial charge is 0.481 e. The van der Waals surface area contributed by atoms with Crippen molar-refractivity contribution in [1.29, 1.82) is 0 Å². The molecule has 2 saturated heterocycles. The first-order valence-corrected chi connectivity index (χ1v) is 10.7. The normalized spacial score (nSPS) is 25.4. The van der Waals surface area contributed by atoms with Gasteiger partial charge in [-0.3, -0.25) is 9.59 Å².